The highest BCUT2D eigenvalue weighted by molar-refractivity contribution is 7.15. The van der Waals surface area contributed by atoms with Crippen LogP contribution in [-0.2, 0) is 4.79 Å². The van der Waals surface area contributed by atoms with Crippen molar-refractivity contribution in [3.05, 3.63) is 28.4 Å². The zero-order valence-electron chi connectivity index (χ0n) is 11.2. The smallest absolute Gasteiger partial charge is 0.232 e. The van der Waals surface area contributed by atoms with E-state index in [0.717, 1.165) is 4.88 Å². The Labute approximate surface area is 119 Å². The lowest BCUT2D eigenvalue weighted by atomic mass is 9.95. The average molecular weight is 291 g/mol. The third-order valence-electron chi connectivity index (χ3n) is 3.55. The number of halogens is 1. The van der Waals surface area contributed by atoms with Crippen molar-refractivity contribution in [1.82, 2.24) is 4.98 Å². The van der Waals surface area contributed by atoms with Gasteiger partial charge in [-0.2, -0.15) is 0 Å². The van der Waals surface area contributed by atoms with Gasteiger partial charge in [-0.1, -0.05) is 6.92 Å². The van der Waals surface area contributed by atoms with Gasteiger partial charge in [0.15, 0.2) is 5.13 Å². The Balaban J connectivity index is 2.24. The van der Waals surface area contributed by atoms with Crippen LogP contribution in [0.15, 0.2) is 12.1 Å². The van der Waals surface area contributed by atoms with Gasteiger partial charge >= 0.3 is 0 Å². The molecule has 6 heteroatoms. The number of anilines is 2. The van der Waals surface area contributed by atoms with Gasteiger partial charge < -0.3 is 11.1 Å². The maximum absolute atomic E-state index is 13.9. The van der Waals surface area contributed by atoms with Gasteiger partial charge in [0.05, 0.1) is 17.3 Å². The van der Waals surface area contributed by atoms with Crippen LogP contribution < -0.4 is 11.1 Å². The number of benzene rings is 1. The summed E-state index contributed by atoms with van der Waals surface area (Å²) >= 11 is 1.35. The molecule has 20 heavy (non-hydrogen) atoms. The second-order valence-corrected chi connectivity index (χ2v) is 6.06. The summed E-state index contributed by atoms with van der Waals surface area (Å²) in [7, 11) is 0. The summed E-state index contributed by atoms with van der Waals surface area (Å²) in [5.74, 6) is -0.745. The molecule has 0 saturated carbocycles. The molecule has 1 aliphatic heterocycles. The third kappa shape index (κ3) is 1.87. The van der Waals surface area contributed by atoms with E-state index in [1.54, 1.807) is 0 Å². The van der Waals surface area contributed by atoms with Gasteiger partial charge in [0, 0.05) is 10.4 Å². The van der Waals surface area contributed by atoms with E-state index in [1.165, 1.54) is 23.5 Å². The van der Waals surface area contributed by atoms with Crippen LogP contribution in [0.2, 0.25) is 0 Å². The van der Waals surface area contributed by atoms with Gasteiger partial charge in [0.25, 0.3) is 0 Å². The zero-order valence-corrected chi connectivity index (χ0v) is 12.0. The van der Waals surface area contributed by atoms with E-state index in [4.69, 9.17) is 5.73 Å². The number of aromatic nitrogens is 1. The number of rotatable bonds is 2. The Kier molecular flexibility index (Phi) is 2.97. The molecule has 0 saturated heterocycles. The van der Waals surface area contributed by atoms with E-state index in [2.05, 4.69) is 10.3 Å². The van der Waals surface area contributed by atoms with Crippen LogP contribution in [0.25, 0.3) is 11.3 Å². The number of hydrogen-bond acceptors (Lipinski definition) is 4. The van der Waals surface area contributed by atoms with Crippen molar-refractivity contribution < 1.29 is 9.18 Å². The number of thiazole rings is 1. The maximum atomic E-state index is 13.9. The lowest BCUT2D eigenvalue weighted by molar-refractivity contribution is -0.117. The van der Waals surface area contributed by atoms with Gasteiger partial charge in [-0.25, -0.2) is 9.37 Å². The van der Waals surface area contributed by atoms with Crippen molar-refractivity contribution in [2.45, 2.75) is 26.2 Å². The molecule has 1 unspecified atom stereocenters. The first kappa shape index (κ1) is 13.1. The molecule has 1 aromatic carbocycles. The Bertz CT molecular complexity index is 711. The van der Waals surface area contributed by atoms with Crippen molar-refractivity contribution >= 4 is 28.1 Å². The fourth-order valence-corrected chi connectivity index (χ4v) is 3.36. The second-order valence-electron chi connectivity index (χ2n) is 4.82. The molecule has 3 rings (SSSR count). The quantitative estimate of drug-likeness (QED) is 0.892. The molecule has 0 aliphatic carbocycles. The third-order valence-corrected chi connectivity index (χ3v) is 4.35. The summed E-state index contributed by atoms with van der Waals surface area (Å²) in [4.78, 5) is 17.1. The molecule has 4 nitrogen and oxygen atoms in total. The Morgan fingerprint density at radius 2 is 2.25 bits per heavy atom. The number of nitrogens with zero attached hydrogens (tertiary/aromatic N) is 1. The molecule has 0 bridgehead atoms. The van der Waals surface area contributed by atoms with E-state index in [1.807, 2.05) is 13.8 Å². The van der Waals surface area contributed by atoms with Gasteiger partial charge in [0.2, 0.25) is 5.91 Å². The van der Waals surface area contributed by atoms with Crippen LogP contribution >= 0.6 is 11.3 Å². The van der Waals surface area contributed by atoms with Crippen LogP contribution in [0.4, 0.5) is 15.2 Å². The highest BCUT2D eigenvalue weighted by Gasteiger charge is 2.32. The topological polar surface area (TPSA) is 68.0 Å². The molecular formula is C14H14FN3OS. The van der Waals surface area contributed by atoms with E-state index < -0.39 is 0 Å². The molecule has 3 N–H and O–H groups in total. The molecule has 104 valence electrons. The van der Waals surface area contributed by atoms with Crippen molar-refractivity contribution in [2.24, 2.45) is 0 Å². The van der Waals surface area contributed by atoms with Crippen LogP contribution in [0.5, 0.6) is 0 Å². The lowest BCUT2D eigenvalue weighted by Crippen LogP contribution is -2.10. The van der Waals surface area contributed by atoms with Gasteiger partial charge in [-0.3, -0.25) is 4.79 Å². The number of carbonyl (C=O) groups excluding carboxylic acids is 1. The molecular weight excluding hydrogens is 277 g/mol. The van der Waals surface area contributed by atoms with E-state index in [9.17, 15) is 9.18 Å². The normalized spacial score (nSPS) is 17.1. The number of aryl methyl sites for hydroxylation is 1. The molecule has 0 spiro atoms. The molecule has 0 radical (unpaired) electrons. The SMILES string of the molecule is CCC1C(=O)Nc2c(-c3nc(N)sc3C)cc(F)cc21. The monoisotopic (exact) mass is 291 g/mol. The standard InChI is InChI=1S/C14H14FN3OS/c1-3-8-9-4-7(15)5-10(12(9)17-13(8)19)11-6(2)20-14(16)18-11/h4-5,8H,3H2,1-2H3,(H2,16,18)(H,17,19). The van der Waals surface area contributed by atoms with Crippen molar-refractivity contribution in [3.63, 3.8) is 0 Å². The minimum absolute atomic E-state index is 0.0878. The minimum atomic E-state index is -0.361. The Hall–Kier alpha value is -1.95. The molecule has 0 fully saturated rings. The summed E-state index contributed by atoms with van der Waals surface area (Å²) < 4.78 is 13.9. The first-order valence-electron chi connectivity index (χ1n) is 6.38. The van der Waals surface area contributed by atoms with Crippen LogP contribution in [0.1, 0.15) is 29.7 Å². The summed E-state index contributed by atoms with van der Waals surface area (Å²) in [6.45, 7) is 3.80. The Morgan fingerprint density at radius 1 is 1.50 bits per heavy atom. The Morgan fingerprint density at radius 3 is 2.85 bits per heavy atom. The number of nitrogens with two attached hydrogens (primary N) is 1. The number of carbonyl (C=O) groups is 1. The van der Waals surface area contributed by atoms with Gasteiger partial charge in [-0.05, 0) is 31.0 Å². The molecule has 2 heterocycles. The zero-order chi connectivity index (χ0) is 14.4. The number of fused-ring (bicyclic) bond motifs is 1. The van der Waals surface area contributed by atoms with Crippen LogP contribution in [0, 0.1) is 12.7 Å². The van der Waals surface area contributed by atoms with Crippen molar-refractivity contribution in [2.75, 3.05) is 11.1 Å². The fraction of sp³-hybridized carbons (Fsp3) is 0.286. The largest absolute Gasteiger partial charge is 0.375 e. The summed E-state index contributed by atoms with van der Waals surface area (Å²) in [5.41, 5.74) is 8.32. The second kappa shape index (κ2) is 4.56. The van der Waals surface area contributed by atoms with Gasteiger partial charge in [0.1, 0.15) is 5.82 Å². The van der Waals surface area contributed by atoms with Crippen LogP contribution in [0.3, 0.4) is 0 Å². The maximum Gasteiger partial charge on any atom is 0.232 e. The first-order valence-corrected chi connectivity index (χ1v) is 7.20. The highest BCUT2D eigenvalue weighted by Crippen LogP contribution is 2.43. The van der Waals surface area contributed by atoms with Crippen molar-refractivity contribution in [3.8, 4) is 11.3 Å². The number of hydrogen-bond donors (Lipinski definition) is 2. The summed E-state index contributed by atoms with van der Waals surface area (Å²) in [6, 6.07) is 2.83. The van der Waals surface area contributed by atoms with E-state index in [0.29, 0.717) is 34.1 Å². The van der Waals surface area contributed by atoms with Crippen molar-refractivity contribution in [1.29, 1.82) is 0 Å². The minimum Gasteiger partial charge on any atom is -0.375 e. The van der Waals surface area contributed by atoms with Gasteiger partial charge in [-0.15, -0.1) is 11.3 Å². The molecule has 1 atom stereocenters. The lowest BCUT2D eigenvalue weighted by Gasteiger charge is -2.09. The predicted octanol–water partition coefficient (Wildman–Crippen LogP) is 3.29. The van der Waals surface area contributed by atoms with E-state index >= 15 is 0 Å². The summed E-state index contributed by atoms with van der Waals surface area (Å²) in [6.07, 6.45) is 0.639. The highest BCUT2D eigenvalue weighted by atomic mass is 32.1. The predicted molar refractivity (Wildman–Crippen MR) is 78.3 cm³/mol. The summed E-state index contributed by atoms with van der Waals surface area (Å²) in [5, 5.41) is 3.28. The fourth-order valence-electron chi connectivity index (χ4n) is 2.65. The number of amides is 1. The first-order chi connectivity index (χ1) is 9.51. The number of nitrogens with one attached hydrogen (secondary N) is 1. The molecule has 1 aromatic heterocycles. The molecule has 1 amide bonds. The molecule has 1 aliphatic rings. The van der Waals surface area contributed by atoms with E-state index in [-0.39, 0.29) is 17.6 Å². The number of nitrogen functional groups attached to an aromatic ring is 1. The average Bonchev–Trinajstić information content (AvgIpc) is 2.87. The molecule has 2 aromatic rings. The van der Waals surface area contributed by atoms with Crippen LogP contribution in [-0.4, -0.2) is 10.9 Å².